The lowest BCUT2D eigenvalue weighted by Crippen LogP contribution is -2.40. The molecule has 4 heteroatoms. The fourth-order valence-electron chi connectivity index (χ4n) is 2.96. The third-order valence-electron chi connectivity index (χ3n) is 4.05. The number of hydrogen-bond acceptors (Lipinski definition) is 4. The molecular formula is C17H18O4. The van der Waals surface area contributed by atoms with Gasteiger partial charge in [0.15, 0.2) is 11.5 Å². The first kappa shape index (κ1) is 13.8. The Morgan fingerprint density at radius 1 is 0.905 bits per heavy atom. The molecule has 0 aliphatic heterocycles. The minimum Gasteiger partial charge on any atom is -0.496 e. The van der Waals surface area contributed by atoms with Crippen molar-refractivity contribution >= 4 is 0 Å². The minimum absolute atomic E-state index is 0.565. The number of aliphatic hydroxyl groups is 1. The Hall–Kier alpha value is -2.20. The maximum atomic E-state index is 11.1. The van der Waals surface area contributed by atoms with Crippen molar-refractivity contribution in [3.63, 3.8) is 0 Å². The molecule has 2 aromatic carbocycles. The molecule has 21 heavy (non-hydrogen) atoms. The highest BCUT2D eigenvalue weighted by atomic mass is 16.5. The number of fused-ring (bicyclic) bond motifs is 1. The number of benzene rings is 2. The van der Waals surface area contributed by atoms with Crippen molar-refractivity contribution in [3.05, 3.63) is 53.1 Å². The molecule has 1 aliphatic rings. The van der Waals surface area contributed by atoms with E-state index >= 15 is 0 Å². The molecule has 0 fully saturated rings. The zero-order valence-corrected chi connectivity index (χ0v) is 12.3. The molecule has 1 unspecified atom stereocenters. The zero-order chi connectivity index (χ0) is 15.0. The van der Waals surface area contributed by atoms with Crippen LogP contribution < -0.4 is 14.2 Å². The number of hydrogen-bond donors (Lipinski definition) is 1. The third-order valence-corrected chi connectivity index (χ3v) is 4.05. The molecule has 0 spiro atoms. The smallest absolute Gasteiger partial charge is 0.161 e. The Labute approximate surface area is 123 Å². The topological polar surface area (TPSA) is 47.9 Å². The Bertz CT molecular complexity index is 680. The van der Waals surface area contributed by atoms with E-state index in [-0.39, 0.29) is 0 Å². The maximum Gasteiger partial charge on any atom is 0.161 e. The van der Waals surface area contributed by atoms with Crippen molar-refractivity contribution in [2.45, 2.75) is 12.0 Å². The number of ether oxygens (including phenoxy) is 3. The SMILES string of the molecule is COc1ccc(C2(O)Cc3cccc(OC)c32)cc1OC. The van der Waals surface area contributed by atoms with Gasteiger partial charge in [0.05, 0.1) is 21.3 Å². The van der Waals surface area contributed by atoms with E-state index in [4.69, 9.17) is 14.2 Å². The summed E-state index contributed by atoms with van der Waals surface area (Å²) in [5.41, 5.74) is 1.67. The van der Waals surface area contributed by atoms with Crippen molar-refractivity contribution < 1.29 is 19.3 Å². The predicted molar refractivity (Wildman–Crippen MR) is 79.2 cm³/mol. The monoisotopic (exact) mass is 286 g/mol. The summed E-state index contributed by atoms with van der Waals surface area (Å²) in [7, 11) is 4.79. The van der Waals surface area contributed by atoms with E-state index in [0.29, 0.717) is 23.7 Å². The van der Waals surface area contributed by atoms with Crippen LogP contribution in [0.3, 0.4) is 0 Å². The van der Waals surface area contributed by atoms with Gasteiger partial charge in [-0.25, -0.2) is 0 Å². The maximum absolute atomic E-state index is 11.1. The Balaban J connectivity index is 2.09. The van der Waals surface area contributed by atoms with Gasteiger partial charge in [0, 0.05) is 12.0 Å². The minimum atomic E-state index is -1.04. The van der Waals surface area contributed by atoms with Crippen LogP contribution in [-0.4, -0.2) is 26.4 Å². The van der Waals surface area contributed by atoms with Crippen LogP contribution in [0.2, 0.25) is 0 Å². The second kappa shape index (κ2) is 4.97. The van der Waals surface area contributed by atoms with Gasteiger partial charge in [0.2, 0.25) is 0 Å². The molecule has 110 valence electrons. The Morgan fingerprint density at radius 2 is 1.62 bits per heavy atom. The summed E-state index contributed by atoms with van der Waals surface area (Å²) in [4.78, 5) is 0. The van der Waals surface area contributed by atoms with Crippen molar-refractivity contribution in [3.8, 4) is 17.2 Å². The van der Waals surface area contributed by atoms with E-state index in [1.54, 1.807) is 27.4 Å². The molecule has 1 aliphatic carbocycles. The van der Waals surface area contributed by atoms with Gasteiger partial charge >= 0.3 is 0 Å². The van der Waals surface area contributed by atoms with Crippen LogP contribution in [0.4, 0.5) is 0 Å². The molecule has 0 amide bonds. The van der Waals surface area contributed by atoms with Crippen LogP contribution in [0, 0.1) is 0 Å². The van der Waals surface area contributed by atoms with E-state index in [1.165, 1.54) is 0 Å². The summed E-state index contributed by atoms with van der Waals surface area (Å²) in [6.45, 7) is 0. The van der Waals surface area contributed by atoms with Crippen LogP contribution in [-0.2, 0) is 12.0 Å². The Kier molecular flexibility index (Phi) is 3.26. The van der Waals surface area contributed by atoms with Gasteiger partial charge < -0.3 is 19.3 Å². The summed E-state index contributed by atoms with van der Waals surface area (Å²) in [5, 5.41) is 11.1. The van der Waals surface area contributed by atoms with E-state index in [2.05, 4.69) is 0 Å². The van der Waals surface area contributed by atoms with Crippen LogP contribution in [0.5, 0.6) is 17.2 Å². The summed E-state index contributed by atoms with van der Waals surface area (Å²) >= 11 is 0. The lowest BCUT2D eigenvalue weighted by atomic mass is 9.69. The largest absolute Gasteiger partial charge is 0.496 e. The van der Waals surface area contributed by atoms with E-state index in [9.17, 15) is 5.11 Å². The first-order valence-corrected chi connectivity index (χ1v) is 6.75. The van der Waals surface area contributed by atoms with Gasteiger partial charge in [-0.2, -0.15) is 0 Å². The van der Waals surface area contributed by atoms with E-state index in [0.717, 1.165) is 16.7 Å². The fraction of sp³-hybridized carbons (Fsp3) is 0.294. The molecule has 0 aromatic heterocycles. The highest BCUT2D eigenvalue weighted by Crippen LogP contribution is 2.49. The average molecular weight is 286 g/mol. The molecule has 0 bridgehead atoms. The molecule has 3 rings (SSSR count). The van der Waals surface area contributed by atoms with Crippen molar-refractivity contribution in [1.82, 2.24) is 0 Å². The predicted octanol–water partition coefficient (Wildman–Crippen LogP) is 2.50. The number of methoxy groups -OCH3 is 3. The molecule has 0 saturated heterocycles. The lowest BCUT2D eigenvalue weighted by Gasteiger charge is -2.41. The summed E-state index contributed by atoms with van der Waals surface area (Å²) < 4.78 is 15.9. The van der Waals surface area contributed by atoms with Crippen LogP contribution in [0.15, 0.2) is 36.4 Å². The second-order valence-electron chi connectivity index (χ2n) is 5.10. The first-order valence-electron chi connectivity index (χ1n) is 6.75. The summed E-state index contributed by atoms with van der Waals surface area (Å²) in [6.07, 6.45) is 0.565. The standard InChI is InChI=1S/C17H18O4/c1-19-13-8-7-12(9-15(13)21-3)17(18)10-11-5-4-6-14(20-2)16(11)17/h4-9,18H,10H2,1-3H3. The van der Waals surface area contributed by atoms with Gasteiger partial charge in [-0.3, -0.25) is 0 Å². The van der Waals surface area contributed by atoms with Crippen LogP contribution in [0.1, 0.15) is 16.7 Å². The third kappa shape index (κ3) is 1.94. The van der Waals surface area contributed by atoms with Gasteiger partial charge in [-0.05, 0) is 29.3 Å². The zero-order valence-electron chi connectivity index (χ0n) is 12.3. The molecule has 1 atom stereocenters. The van der Waals surface area contributed by atoms with Crippen molar-refractivity contribution in [1.29, 1.82) is 0 Å². The molecule has 1 N–H and O–H groups in total. The lowest BCUT2D eigenvalue weighted by molar-refractivity contribution is 0.0526. The van der Waals surface area contributed by atoms with Crippen molar-refractivity contribution in [2.75, 3.05) is 21.3 Å². The van der Waals surface area contributed by atoms with Gasteiger partial charge in [0.1, 0.15) is 11.4 Å². The summed E-state index contributed by atoms with van der Waals surface area (Å²) in [5.74, 6) is 1.95. The molecule has 2 aromatic rings. The summed E-state index contributed by atoms with van der Waals surface area (Å²) in [6, 6.07) is 11.3. The van der Waals surface area contributed by atoms with Crippen LogP contribution in [0.25, 0.3) is 0 Å². The quantitative estimate of drug-likeness (QED) is 0.938. The highest BCUT2D eigenvalue weighted by Gasteiger charge is 2.45. The highest BCUT2D eigenvalue weighted by molar-refractivity contribution is 5.59. The molecule has 0 saturated carbocycles. The average Bonchev–Trinajstić information content (AvgIpc) is 2.52. The second-order valence-corrected chi connectivity index (χ2v) is 5.10. The molecular weight excluding hydrogens is 268 g/mol. The number of rotatable bonds is 4. The van der Waals surface area contributed by atoms with Gasteiger partial charge in [-0.1, -0.05) is 18.2 Å². The molecule has 0 heterocycles. The van der Waals surface area contributed by atoms with Gasteiger partial charge in [0.25, 0.3) is 0 Å². The van der Waals surface area contributed by atoms with Crippen molar-refractivity contribution in [2.24, 2.45) is 0 Å². The Morgan fingerprint density at radius 3 is 2.29 bits per heavy atom. The van der Waals surface area contributed by atoms with Crippen LogP contribution >= 0.6 is 0 Å². The first-order chi connectivity index (χ1) is 10.1. The van der Waals surface area contributed by atoms with E-state index in [1.807, 2.05) is 30.3 Å². The molecule has 0 radical (unpaired) electrons. The normalized spacial score (nSPS) is 19.4. The fourth-order valence-corrected chi connectivity index (χ4v) is 2.96. The van der Waals surface area contributed by atoms with E-state index < -0.39 is 5.60 Å². The van der Waals surface area contributed by atoms with Gasteiger partial charge in [-0.15, -0.1) is 0 Å². The molecule has 4 nitrogen and oxygen atoms in total.